The van der Waals surface area contributed by atoms with Crippen molar-refractivity contribution < 1.29 is 19.4 Å². The molecule has 0 bridgehead atoms. The number of halogens is 1. The Bertz CT molecular complexity index is 499. The van der Waals surface area contributed by atoms with Gasteiger partial charge in [0, 0.05) is 7.11 Å². The summed E-state index contributed by atoms with van der Waals surface area (Å²) in [5, 5.41) is 11.7. The molecule has 19 heavy (non-hydrogen) atoms. The molecule has 1 aromatic rings. The van der Waals surface area contributed by atoms with Gasteiger partial charge in [0.2, 0.25) is 5.91 Å². The molecule has 0 radical (unpaired) electrons. The number of carboxylic acids is 1. The molecule has 0 spiro atoms. The highest BCUT2D eigenvalue weighted by Gasteiger charge is 2.23. The molecule has 0 fully saturated rings. The number of methoxy groups -OCH3 is 1. The van der Waals surface area contributed by atoms with Gasteiger partial charge in [0.25, 0.3) is 0 Å². The Labute approximate surface area is 116 Å². The van der Waals surface area contributed by atoms with Gasteiger partial charge >= 0.3 is 5.97 Å². The molecule has 0 heterocycles. The van der Waals surface area contributed by atoms with Crippen molar-refractivity contribution >= 4 is 29.2 Å². The third-order valence-electron chi connectivity index (χ3n) is 2.65. The minimum Gasteiger partial charge on any atom is -0.478 e. The number of carboxylic acid groups (broad SMARTS) is 1. The summed E-state index contributed by atoms with van der Waals surface area (Å²) in [6.45, 7) is 3.52. The minimum atomic E-state index is -1.15. The summed E-state index contributed by atoms with van der Waals surface area (Å²) >= 11 is 5.91. The van der Waals surface area contributed by atoms with Crippen molar-refractivity contribution in [1.82, 2.24) is 0 Å². The molecule has 1 rings (SSSR count). The van der Waals surface area contributed by atoms with Crippen LogP contribution < -0.4 is 5.32 Å². The molecular weight excluding hydrogens is 270 g/mol. The van der Waals surface area contributed by atoms with E-state index in [2.05, 4.69) is 5.32 Å². The van der Waals surface area contributed by atoms with Crippen LogP contribution in [-0.2, 0) is 9.53 Å². The zero-order valence-corrected chi connectivity index (χ0v) is 11.7. The second-order valence-electron chi connectivity index (χ2n) is 4.66. The van der Waals surface area contributed by atoms with Crippen LogP contribution in [-0.4, -0.2) is 29.7 Å². The van der Waals surface area contributed by atoms with Crippen LogP contribution in [0.4, 0.5) is 5.69 Å². The number of rotatable bonds is 5. The lowest BCUT2D eigenvalue weighted by Gasteiger charge is -2.22. The minimum absolute atomic E-state index is 0.0453. The fraction of sp³-hybridized carbons (Fsp3) is 0.385. The van der Waals surface area contributed by atoms with E-state index in [4.69, 9.17) is 21.4 Å². The highest BCUT2D eigenvalue weighted by atomic mass is 35.5. The predicted octanol–water partition coefficient (Wildman–Crippen LogP) is 2.79. The van der Waals surface area contributed by atoms with Crippen molar-refractivity contribution in [3.8, 4) is 0 Å². The number of ether oxygens (including phenoxy) is 1. The van der Waals surface area contributed by atoms with E-state index in [-0.39, 0.29) is 28.6 Å². The van der Waals surface area contributed by atoms with Crippen molar-refractivity contribution in [2.24, 2.45) is 0 Å². The number of nitrogens with one attached hydrogen (secondary N) is 1. The number of anilines is 1. The second-order valence-corrected chi connectivity index (χ2v) is 5.06. The first-order valence-electron chi connectivity index (χ1n) is 5.63. The normalized spacial score (nSPS) is 11.2. The van der Waals surface area contributed by atoms with Crippen LogP contribution in [0.3, 0.4) is 0 Å². The number of aromatic carboxylic acids is 1. The van der Waals surface area contributed by atoms with Gasteiger partial charge < -0.3 is 15.2 Å². The molecule has 0 aliphatic carbocycles. The van der Waals surface area contributed by atoms with Gasteiger partial charge in [-0.15, -0.1) is 0 Å². The van der Waals surface area contributed by atoms with E-state index in [9.17, 15) is 9.59 Å². The molecule has 0 aromatic heterocycles. The van der Waals surface area contributed by atoms with Gasteiger partial charge in [-0.05, 0) is 26.0 Å². The summed E-state index contributed by atoms with van der Waals surface area (Å²) in [4.78, 5) is 22.9. The summed E-state index contributed by atoms with van der Waals surface area (Å²) in [7, 11) is 1.51. The highest BCUT2D eigenvalue weighted by Crippen LogP contribution is 2.27. The Kier molecular flexibility index (Phi) is 4.91. The lowest BCUT2D eigenvalue weighted by atomic mass is 10.0. The fourth-order valence-corrected chi connectivity index (χ4v) is 1.69. The SMILES string of the molecule is COC(C)(C)CC(=O)Nc1c(Cl)cccc1C(=O)O. The first-order valence-corrected chi connectivity index (χ1v) is 6.01. The van der Waals surface area contributed by atoms with Gasteiger partial charge in [-0.2, -0.15) is 0 Å². The van der Waals surface area contributed by atoms with Gasteiger partial charge in [-0.1, -0.05) is 17.7 Å². The summed E-state index contributed by atoms with van der Waals surface area (Å²) in [5.74, 6) is -1.51. The van der Waals surface area contributed by atoms with Gasteiger partial charge in [-0.3, -0.25) is 4.79 Å². The molecule has 0 aliphatic heterocycles. The molecule has 0 saturated heterocycles. The van der Waals surface area contributed by atoms with Crippen LogP contribution in [0.15, 0.2) is 18.2 Å². The van der Waals surface area contributed by atoms with E-state index < -0.39 is 11.6 Å². The Morgan fingerprint density at radius 3 is 2.58 bits per heavy atom. The Morgan fingerprint density at radius 1 is 1.42 bits per heavy atom. The first kappa shape index (κ1) is 15.5. The highest BCUT2D eigenvalue weighted by molar-refractivity contribution is 6.34. The molecular formula is C13H16ClNO4. The summed E-state index contributed by atoms with van der Waals surface area (Å²) < 4.78 is 5.14. The van der Waals surface area contributed by atoms with Crippen LogP contribution in [0.1, 0.15) is 30.6 Å². The molecule has 1 amide bonds. The maximum atomic E-state index is 11.9. The van der Waals surface area contributed by atoms with Gasteiger partial charge in [0.05, 0.1) is 28.3 Å². The average molecular weight is 286 g/mol. The maximum Gasteiger partial charge on any atom is 0.337 e. The standard InChI is InChI=1S/C13H16ClNO4/c1-13(2,19-3)7-10(16)15-11-8(12(17)18)5-4-6-9(11)14/h4-6H,7H2,1-3H3,(H,15,16)(H,17,18). The molecule has 0 saturated carbocycles. The van der Waals surface area contributed by atoms with Crippen molar-refractivity contribution in [3.05, 3.63) is 28.8 Å². The number of carbonyl (C=O) groups is 2. The lowest BCUT2D eigenvalue weighted by molar-refractivity contribution is -0.121. The van der Waals surface area contributed by atoms with Gasteiger partial charge in [0.15, 0.2) is 0 Å². The quantitative estimate of drug-likeness (QED) is 0.872. The molecule has 0 aliphatic rings. The molecule has 2 N–H and O–H groups in total. The Balaban J connectivity index is 2.94. The monoisotopic (exact) mass is 285 g/mol. The third kappa shape index (κ3) is 4.22. The van der Waals surface area contributed by atoms with Crippen LogP contribution in [0.5, 0.6) is 0 Å². The van der Waals surface area contributed by atoms with Crippen molar-refractivity contribution in [3.63, 3.8) is 0 Å². The van der Waals surface area contributed by atoms with Crippen LogP contribution in [0.25, 0.3) is 0 Å². The van der Waals surface area contributed by atoms with E-state index in [1.54, 1.807) is 13.8 Å². The van der Waals surface area contributed by atoms with Crippen LogP contribution in [0, 0.1) is 0 Å². The number of carbonyl (C=O) groups excluding carboxylic acids is 1. The fourth-order valence-electron chi connectivity index (χ4n) is 1.47. The van der Waals surface area contributed by atoms with E-state index in [1.165, 1.54) is 25.3 Å². The molecule has 5 nitrogen and oxygen atoms in total. The molecule has 6 heteroatoms. The molecule has 0 atom stereocenters. The summed E-state index contributed by atoms with van der Waals surface area (Å²) in [5.41, 5.74) is -0.570. The summed E-state index contributed by atoms with van der Waals surface area (Å²) in [6.07, 6.45) is 0.0911. The maximum absolute atomic E-state index is 11.9. The van der Waals surface area contributed by atoms with Crippen molar-refractivity contribution in [2.45, 2.75) is 25.9 Å². The van der Waals surface area contributed by atoms with Gasteiger partial charge in [0.1, 0.15) is 0 Å². The second kappa shape index (κ2) is 6.04. The first-order chi connectivity index (χ1) is 8.76. The predicted molar refractivity (Wildman–Crippen MR) is 72.7 cm³/mol. The number of hydrogen-bond donors (Lipinski definition) is 2. The van der Waals surface area contributed by atoms with Crippen LogP contribution in [0.2, 0.25) is 5.02 Å². The van der Waals surface area contributed by atoms with Crippen molar-refractivity contribution in [2.75, 3.05) is 12.4 Å². The van der Waals surface area contributed by atoms with Crippen LogP contribution >= 0.6 is 11.6 Å². The number of amides is 1. The lowest BCUT2D eigenvalue weighted by Crippen LogP contribution is -2.30. The molecule has 1 aromatic carbocycles. The number of benzene rings is 1. The number of para-hydroxylation sites is 1. The Hall–Kier alpha value is -1.59. The summed E-state index contributed by atoms with van der Waals surface area (Å²) in [6, 6.07) is 4.41. The van der Waals surface area contributed by atoms with Gasteiger partial charge in [-0.25, -0.2) is 4.79 Å². The third-order valence-corrected chi connectivity index (χ3v) is 2.96. The van der Waals surface area contributed by atoms with E-state index in [0.717, 1.165) is 0 Å². The van der Waals surface area contributed by atoms with Crippen molar-refractivity contribution in [1.29, 1.82) is 0 Å². The average Bonchev–Trinajstić information content (AvgIpc) is 2.30. The zero-order chi connectivity index (χ0) is 14.6. The number of hydrogen-bond acceptors (Lipinski definition) is 3. The van der Waals surface area contributed by atoms with E-state index >= 15 is 0 Å². The zero-order valence-electron chi connectivity index (χ0n) is 11.0. The van der Waals surface area contributed by atoms with E-state index in [0.29, 0.717) is 0 Å². The Morgan fingerprint density at radius 2 is 2.05 bits per heavy atom. The van der Waals surface area contributed by atoms with E-state index in [1.807, 2.05) is 0 Å². The smallest absolute Gasteiger partial charge is 0.337 e. The topological polar surface area (TPSA) is 75.6 Å². The largest absolute Gasteiger partial charge is 0.478 e. The molecule has 104 valence electrons. The molecule has 0 unspecified atom stereocenters.